The van der Waals surface area contributed by atoms with Gasteiger partial charge in [-0.1, -0.05) is 61.5 Å². The Morgan fingerprint density at radius 2 is 1.57 bits per heavy atom. The summed E-state index contributed by atoms with van der Waals surface area (Å²) in [6.45, 7) is 9.42. The maximum atomic E-state index is 12.3. The highest BCUT2D eigenvalue weighted by molar-refractivity contribution is 5.72. The first kappa shape index (κ1) is 23.5. The largest absolute Gasteiger partial charge is 0.466 e. The van der Waals surface area contributed by atoms with E-state index in [4.69, 9.17) is 9.47 Å². The van der Waals surface area contributed by atoms with Crippen LogP contribution in [0.4, 0.5) is 4.79 Å². The maximum absolute atomic E-state index is 12.3. The lowest BCUT2D eigenvalue weighted by atomic mass is 9.95. The van der Waals surface area contributed by atoms with E-state index in [1.807, 2.05) is 45.9 Å². The molecule has 0 saturated heterocycles. The Balaban J connectivity index is 2.10. The molecule has 2 aromatic carbocycles. The van der Waals surface area contributed by atoms with Crippen molar-refractivity contribution < 1.29 is 19.1 Å². The molecule has 0 aliphatic heterocycles. The number of hydrogen-bond donors (Lipinski definition) is 1. The first-order chi connectivity index (χ1) is 14.2. The Kier molecular flexibility index (Phi) is 8.46. The fourth-order valence-corrected chi connectivity index (χ4v) is 3.22. The van der Waals surface area contributed by atoms with Crippen molar-refractivity contribution >= 4 is 12.1 Å². The normalized spacial score (nSPS) is 13.2. The third-order valence-electron chi connectivity index (χ3n) is 4.59. The fourth-order valence-electron chi connectivity index (χ4n) is 3.22. The van der Waals surface area contributed by atoms with Gasteiger partial charge in [0.05, 0.1) is 12.5 Å². The van der Waals surface area contributed by atoms with E-state index in [2.05, 4.69) is 41.7 Å². The van der Waals surface area contributed by atoms with Gasteiger partial charge in [-0.15, -0.1) is 0 Å². The molecule has 30 heavy (non-hydrogen) atoms. The Morgan fingerprint density at radius 1 is 0.967 bits per heavy atom. The van der Waals surface area contributed by atoms with Crippen molar-refractivity contribution in [3.8, 4) is 11.1 Å². The maximum Gasteiger partial charge on any atom is 0.407 e. The molecule has 0 saturated carbocycles. The quantitative estimate of drug-likeness (QED) is 0.593. The predicted molar refractivity (Wildman–Crippen MR) is 119 cm³/mol. The van der Waals surface area contributed by atoms with Crippen LogP contribution in [0.2, 0.25) is 0 Å². The third-order valence-corrected chi connectivity index (χ3v) is 4.59. The summed E-state index contributed by atoms with van der Waals surface area (Å²) < 4.78 is 10.5. The number of esters is 1. The molecule has 0 aliphatic rings. The van der Waals surface area contributed by atoms with Crippen LogP contribution in [0.15, 0.2) is 54.6 Å². The number of nitrogens with one attached hydrogen (secondary N) is 1. The summed E-state index contributed by atoms with van der Waals surface area (Å²) in [5.41, 5.74) is 2.78. The van der Waals surface area contributed by atoms with E-state index in [-0.39, 0.29) is 17.9 Å². The van der Waals surface area contributed by atoms with Crippen molar-refractivity contribution in [3.63, 3.8) is 0 Å². The summed E-state index contributed by atoms with van der Waals surface area (Å²) >= 11 is 0. The lowest BCUT2D eigenvalue weighted by Crippen LogP contribution is -2.41. The van der Waals surface area contributed by atoms with Gasteiger partial charge in [0.25, 0.3) is 0 Å². The summed E-state index contributed by atoms with van der Waals surface area (Å²) in [7, 11) is 0. The Labute approximate surface area is 179 Å². The number of carbonyl (C=O) groups is 2. The van der Waals surface area contributed by atoms with Crippen LogP contribution in [-0.4, -0.2) is 30.3 Å². The summed E-state index contributed by atoms with van der Waals surface area (Å²) in [6, 6.07) is 18.2. The van der Waals surface area contributed by atoms with Gasteiger partial charge >= 0.3 is 12.1 Å². The highest BCUT2D eigenvalue weighted by Crippen LogP contribution is 2.21. The van der Waals surface area contributed by atoms with Gasteiger partial charge in [0, 0.05) is 6.04 Å². The average molecular weight is 412 g/mol. The first-order valence-corrected chi connectivity index (χ1v) is 10.5. The topological polar surface area (TPSA) is 64.6 Å². The molecule has 0 aliphatic carbocycles. The second kappa shape index (κ2) is 10.8. The number of amides is 1. The molecule has 162 valence electrons. The van der Waals surface area contributed by atoms with Gasteiger partial charge in [-0.05, 0) is 57.2 Å². The number of alkyl carbamates (subject to hydrolysis) is 1. The lowest BCUT2D eigenvalue weighted by Gasteiger charge is -2.25. The van der Waals surface area contributed by atoms with Gasteiger partial charge in [-0.25, -0.2) is 4.79 Å². The summed E-state index contributed by atoms with van der Waals surface area (Å²) in [5.74, 6) is -0.582. The highest BCUT2D eigenvalue weighted by Gasteiger charge is 2.24. The average Bonchev–Trinajstić information content (AvgIpc) is 2.68. The second-order valence-corrected chi connectivity index (χ2v) is 8.50. The molecule has 5 heteroatoms. The van der Waals surface area contributed by atoms with Crippen LogP contribution in [0.3, 0.4) is 0 Å². The summed E-state index contributed by atoms with van der Waals surface area (Å²) in [4.78, 5) is 24.4. The molecule has 0 heterocycles. The van der Waals surface area contributed by atoms with Crippen molar-refractivity contribution in [2.45, 2.75) is 59.1 Å². The number of ether oxygens (including phenoxy) is 2. The van der Waals surface area contributed by atoms with Crippen LogP contribution < -0.4 is 5.32 Å². The molecule has 0 bridgehead atoms. The number of hydrogen-bond acceptors (Lipinski definition) is 4. The molecule has 0 aromatic heterocycles. The minimum atomic E-state index is -0.585. The van der Waals surface area contributed by atoms with E-state index in [1.165, 1.54) is 0 Å². The lowest BCUT2D eigenvalue weighted by molar-refractivity contribution is -0.147. The van der Waals surface area contributed by atoms with Crippen molar-refractivity contribution in [2.75, 3.05) is 6.61 Å². The Hall–Kier alpha value is -2.82. The van der Waals surface area contributed by atoms with E-state index in [0.29, 0.717) is 19.4 Å². The smallest absolute Gasteiger partial charge is 0.407 e. The molecule has 0 radical (unpaired) electrons. The number of rotatable bonds is 8. The van der Waals surface area contributed by atoms with Crippen molar-refractivity contribution in [3.05, 3.63) is 60.2 Å². The first-order valence-electron chi connectivity index (χ1n) is 10.5. The molecular formula is C25H33NO4. The van der Waals surface area contributed by atoms with Gasteiger partial charge in [0.2, 0.25) is 0 Å². The molecule has 0 spiro atoms. The molecule has 0 unspecified atom stereocenters. The van der Waals surface area contributed by atoms with E-state index in [0.717, 1.165) is 16.7 Å². The Morgan fingerprint density at radius 3 is 2.13 bits per heavy atom. The molecule has 0 fully saturated rings. The standard InChI is InChI=1S/C25H33NO4/c1-6-29-23(27)18(2)16-22(26-24(28)30-25(3,4)5)17-19-12-14-21(15-13-19)20-10-8-7-9-11-20/h7-15,18,22H,6,16-17H2,1-5H3,(H,26,28)/t18-,22-/m1/s1. The van der Waals surface area contributed by atoms with Crippen LogP contribution in [0, 0.1) is 5.92 Å². The minimum Gasteiger partial charge on any atom is -0.466 e. The predicted octanol–water partition coefficient (Wildman–Crippen LogP) is 5.38. The number of carbonyl (C=O) groups excluding carboxylic acids is 2. The van der Waals surface area contributed by atoms with Gasteiger partial charge in [0.1, 0.15) is 5.60 Å². The van der Waals surface area contributed by atoms with Crippen molar-refractivity contribution in [1.29, 1.82) is 0 Å². The van der Waals surface area contributed by atoms with E-state index >= 15 is 0 Å². The molecule has 5 nitrogen and oxygen atoms in total. The second-order valence-electron chi connectivity index (χ2n) is 8.50. The molecule has 1 N–H and O–H groups in total. The van der Waals surface area contributed by atoms with Gasteiger partial charge < -0.3 is 14.8 Å². The molecule has 2 aromatic rings. The fraction of sp³-hybridized carbons (Fsp3) is 0.440. The zero-order valence-corrected chi connectivity index (χ0v) is 18.6. The SMILES string of the molecule is CCOC(=O)[C@H](C)C[C@H](Cc1ccc(-c2ccccc2)cc1)NC(=O)OC(C)(C)C. The van der Waals surface area contributed by atoms with Gasteiger partial charge in [-0.3, -0.25) is 4.79 Å². The summed E-state index contributed by atoms with van der Waals surface area (Å²) in [5, 5.41) is 2.93. The van der Waals surface area contributed by atoms with Crippen molar-refractivity contribution in [2.24, 2.45) is 5.92 Å². The van der Waals surface area contributed by atoms with E-state index < -0.39 is 11.7 Å². The Bertz CT molecular complexity index is 809. The zero-order valence-electron chi connectivity index (χ0n) is 18.6. The van der Waals surface area contributed by atoms with Gasteiger partial charge in [-0.2, -0.15) is 0 Å². The molecule has 2 atom stereocenters. The molecular weight excluding hydrogens is 378 g/mol. The molecule has 1 amide bonds. The monoisotopic (exact) mass is 411 g/mol. The van der Waals surface area contributed by atoms with Crippen LogP contribution in [0.1, 0.15) is 46.6 Å². The van der Waals surface area contributed by atoms with Crippen LogP contribution in [0.25, 0.3) is 11.1 Å². The van der Waals surface area contributed by atoms with Crippen molar-refractivity contribution in [1.82, 2.24) is 5.32 Å². The minimum absolute atomic E-state index is 0.248. The highest BCUT2D eigenvalue weighted by atomic mass is 16.6. The van der Waals surface area contributed by atoms with E-state index in [1.54, 1.807) is 6.92 Å². The van der Waals surface area contributed by atoms with E-state index in [9.17, 15) is 9.59 Å². The van der Waals surface area contributed by atoms with Crippen LogP contribution in [0.5, 0.6) is 0 Å². The number of benzene rings is 2. The molecule has 2 rings (SSSR count). The third kappa shape index (κ3) is 7.90. The van der Waals surface area contributed by atoms with Crippen LogP contribution in [-0.2, 0) is 20.7 Å². The van der Waals surface area contributed by atoms with Gasteiger partial charge in [0.15, 0.2) is 0 Å². The van der Waals surface area contributed by atoms with Crippen LogP contribution >= 0.6 is 0 Å². The summed E-state index contributed by atoms with van der Waals surface area (Å²) in [6.07, 6.45) is 0.584. The zero-order chi connectivity index (χ0) is 22.1.